The lowest BCUT2D eigenvalue weighted by Crippen LogP contribution is -2.10. The van der Waals surface area contributed by atoms with Crippen molar-refractivity contribution in [1.82, 2.24) is 0 Å². The molecule has 176 valence electrons. The minimum atomic E-state index is -0.598. The molecule has 0 spiro atoms. The van der Waals surface area contributed by atoms with Gasteiger partial charge in [0, 0.05) is 18.2 Å². The number of hydrogen-bond donors (Lipinski definition) is 1. The fraction of sp³-hybridized carbons (Fsp3) is 0.0769. The predicted octanol–water partition coefficient (Wildman–Crippen LogP) is 4.82. The van der Waals surface area contributed by atoms with Crippen molar-refractivity contribution in [2.24, 2.45) is 4.99 Å². The largest absolute Gasteiger partial charge is 0.493 e. The van der Waals surface area contributed by atoms with Crippen LogP contribution in [0.3, 0.4) is 0 Å². The molecular weight excluding hydrogens is 563 g/mol. The molecule has 0 unspecified atom stereocenters. The Kier molecular flexibility index (Phi) is 7.25. The molecule has 1 aliphatic rings. The number of methoxy groups -OCH3 is 1. The van der Waals surface area contributed by atoms with Gasteiger partial charge in [-0.05, 0) is 82.8 Å². The van der Waals surface area contributed by atoms with E-state index < -0.39 is 11.9 Å². The number of cyclic esters (lactones) is 1. The molecule has 0 aromatic heterocycles. The molecule has 1 heterocycles. The Balaban J connectivity index is 1.58. The van der Waals surface area contributed by atoms with Crippen LogP contribution >= 0.6 is 22.6 Å². The highest BCUT2D eigenvalue weighted by atomic mass is 127. The normalized spacial score (nSPS) is 13.7. The molecule has 1 aliphatic heterocycles. The number of carbonyl (C=O) groups is 3. The SMILES string of the molecule is COc1cc(/C=C2\N=C(c3ccc(NC(C)=O)cc3)OC2=O)cc(I)c1OC(=O)c1ccccc1. The lowest BCUT2D eigenvalue weighted by molar-refractivity contribution is -0.129. The van der Waals surface area contributed by atoms with Gasteiger partial charge in [-0.2, -0.15) is 0 Å². The predicted molar refractivity (Wildman–Crippen MR) is 138 cm³/mol. The van der Waals surface area contributed by atoms with Crippen molar-refractivity contribution < 1.29 is 28.6 Å². The Hall–Kier alpha value is -3.99. The summed E-state index contributed by atoms with van der Waals surface area (Å²) in [4.78, 5) is 40.4. The Morgan fingerprint density at radius 1 is 1.06 bits per heavy atom. The van der Waals surface area contributed by atoms with Gasteiger partial charge in [0.05, 0.1) is 16.2 Å². The van der Waals surface area contributed by atoms with Crippen molar-refractivity contribution >= 4 is 58.1 Å². The second-order valence-corrected chi connectivity index (χ2v) is 8.55. The fourth-order valence-corrected chi connectivity index (χ4v) is 3.97. The van der Waals surface area contributed by atoms with Crippen molar-refractivity contribution in [3.8, 4) is 11.5 Å². The lowest BCUT2D eigenvalue weighted by Gasteiger charge is -2.12. The number of nitrogens with one attached hydrogen (secondary N) is 1. The number of rotatable bonds is 6. The van der Waals surface area contributed by atoms with E-state index in [0.717, 1.165) is 0 Å². The Labute approximate surface area is 214 Å². The van der Waals surface area contributed by atoms with Crippen LogP contribution in [0.5, 0.6) is 11.5 Å². The Bertz CT molecular complexity index is 1360. The van der Waals surface area contributed by atoms with Crippen LogP contribution in [0.4, 0.5) is 5.69 Å². The standard InChI is InChI=1S/C26H19IN2O6/c1-15(30)28-19-10-8-17(9-11-19)24-29-21(26(32)35-24)13-16-12-20(27)23(22(14-16)33-2)34-25(31)18-6-4-3-5-7-18/h3-14H,1-2H3,(H,28,30)/b21-13-. The molecule has 3 aromatic carbocycles. The zero-order valence-corrected chi connectivity index (χ0v) is 20.9. The highest BCUT2D eigenvalue weighted by Crippen LogP contribution is 2.35. The maximum absolute atomic E-state index is 12.5. The summed E-state index contributed by atoms with van der Waals surface area (Å²) in [5.74, 6) is -0.520. The van der Waals surface area contributed by atoms with Crippen LogP contribution in [-0.2, 0) is 14.3 Å². The summed E-state index contributed by atoms with van der Waals surface area (Å²) in [6, 6.07) is 18.8. The van der Waals surface area contributed by atoms with Gasteiger partial charge < -0.3 is 19.5 Å². The van der Waals surface area contributed by atoms with Crippen LogP contribution in [0.15, 0.2) is 77.4 Å². The minimum absolute atomic E-state index is 0.109. The Morgan fingerprint density at radius 2 is 1.77 bits per heavy atom. The number of ether oxygens (including phenoxy) is 3. The maximum atomic E-state index is 12.5. The summed E-state index contributed by atoms with van der Waals surface area (Å²) in [6.45, 7) is 1.42. The third-order valence-corrected chi connectivity index (χ3v) is 5.63. The van der Waals surface area contributed by atoms with Gasteiger partial charge in [-0.1, -0.05) is 18.2 Å². The van der Waals surface area contributed by atoms with E-state index in [4.69, 9.17) is 14.2 Å². The molecule has 0 saturated heterocycles. The highest BCUT2D eigenvalue weighted by molar-refractivity contribution is 14.1. The summed E-state index contributed by atoms with van der Waals surface area (Å²) in [5, 5.41) is 2.67. The first-order chi connectivity index (χ1) is 16.8. The number of esters is 2. The summed E-state index contributed by atoms with van der Waals surface area (Å²) in [5.41, 5.74) is 2.35. The van der Waals surface area contributed by atoms with E-state index in [9.17, 15) is 14.4 Å². The van der Waals surface area contributed by atoms with Crippen LogP contribution in [0.25, 0.3) is 6.08 Å². The van der Waals surface area contributed by atoms with Gasteiger partial charge in [-0.3, -0.25) is 4.79 Å². The molecular formula is C26H19IN2O6. The number of amides is 1. The molecule has 0 fully saturated rings. The number of anilines is 1. The third kappa shape index (κ3) is 5.75. The molecule has 0 radical (unpaired) electrons. The molecule has 4 rings (SSSR count). The topological polar surface area (TPSA) is 103 Å². The van der Waals surface area contributed by atoms with Crippen molar-refractivity contribution in [2.75, 3.05) is 12.4 Å². The van der Waals surface area contributed by atoms with E-state index in [0.29, 0.717) is 31.7 Å². The van der Waals surface area contributed by atoms with Crippen LogP contribution in [0.2, 0.25) is 0 Å². The minimum Gasteiger partial charge on any atom is -0.493 e. The van der Waals surface area contributed by atoms with E-state index in [-0.39, 0.29) is 23.3 Å². The van der Waals surface area contributed by atoms with Crippen molar-refractivity contribution in [2.45, 2.75) is 6.92 Å². The second-order valence-electron chi connectivity index (χ2n) is 7.38. The van der Waals surface area contributed by atoms with Gasteiger partial charge in [-0.15, -0.1) is 0 Å². The molecule has 0 atom stereocenters. The molecule has 3 aromatic rings. The molecule has 0 aliphatic carbocycles. The van der Waals surface area contributed by atoms with Crippen LogP contribution < -0.4 is 14.8 Å². The van der Waals surface area contributed by atoms with Crippen molar-refractivity contribution in [1.29, 1.82) is 0 Å². The van der Waals surface area contributed by atoms with Gasteiger partial charge in [0.2, 0.25) is 11.8 Å². The average molecular weight is 582 g/mol. The third-order valence-electron chi connectivity index (χ3n) is 4.83. The van der Waals surface area contributed by atoms with Crippen LogP contribution in [-0.4, -0.2) is 30.9 Å². The monoisotopic (exact) mass is 582 g/mol. The van der Waals surface area contributed by atoms with E-state index in [2.05, 4.69) is 10.3 Å². The molecule has 1 N–H and O–H groups in total. The number of benzene rings is 3. The van der Waals surface area contributed by atoms with Crippen molar-refractivity contribution in [3.05, 3.63) is 92.7 Å². The first-order valence-corrected chi connectivity index (χ1v) is 11.5. The first-order valence-electron chi connectivity index (χ1n) is 10.4. The number of carbonyl (C=O) groups excluding carboxylic acids is 3. The van der Waals surface area contributed by atoms with Gasteiger partial charge in [0.25, 0.3) is 0 Å². The zero-order valence-electron chi connectivity index (χ0n) is 18.7. The van der Waals surface area contributed by atoms with Crippen LogP contribution in [0.1, 0.15) is 28.4 Å². The second kappa shape index (κ2) is 10.5. The van der Waals surface area contributed by atoms with Crippen molar-refractivity contribution in [3.63, 3.8) is 0 Å². The summed E-state index contributed by atoms with van der Waals surface area (Å²) in [6.07, 6.45) is 1.56. The number of aliphatic imine (C=N–C) groups is 1. The van der Waals surface area contributed by atoms with E-state index >= 15 is 0 Å². The quantitative estimate of drug-likeness (QED) is 0.194. The molecule has 0 saturated carbocycles. The zero-order chi connectivity index (χ0) is 24.9. The molecule has 8 nitrogen and oxygen atoms in total. The van der Waals surface area contributed by atoms with Gasteiger partial charge in [0.1, 0.15) is 0 Å². The van der Waals surface area contributed by atoms with Gasteiger partial charge >= 0.3 is 11.9 Å². The molecule has 35 heavy (non-hydrogen) atoms. The smallest absolute Gasteiger partial charge is 0.363 e. The summed E-state index contributed by atoms with van der Waals surface area (Å²) < 4.78 is 16.9. The number of halogens is 1. The van der Waals surface area contributed by atoms with Gasteiger partial charge in [-0.25, -0.2) is 14.6 Å². The highest BCUT2D eigenvalue weighted by Gasteiger charge is 2.25. The van der Waals surface area contributed by atoms with E-state index in [1.54, 1.807) is 66.7 Å². The number of nitrogens with zero attached hydrogens (tertiary/aromatic N) is 1. The first kappa shape index (κ1) is 24.1. The number of hydrogen-bond acceptors (Lipinski definition) is 7. The van der Waals surface area contributed by atoms with E-state index in [1.807, 2.05) is 28.7 Å². The molecule has 1 amide bonds. The average Bonchev–Trinajstić information content (AvgIpc) is 3.21. The van der Waals surface area contributed by atoms with E-state index in [1.165, 1.54) is 14.0 Å². The van der Waals surface area contributed by atoms with Crippen LogP contribution in [0, 0.1) is 3.57 Å². The summed E-state index contributed by atoms with van der Waals surface area (Å²) >= 11 is 2.04. The lowest BCUT2D eigenvalue weighted by atomic mass is 10.1. The van der Waals surface area contributed by atoms with Gasteiger partial charge in [0.15, 0.2) is 17.2 Å². The maximum Gasteiger partial charge on any atom is 0.363 e. The fourth-order valence-electron chi connectivity index (χ4n) is 3.24. The Morgan fingerprint density at radius 3 is 2.43 bits per heavy atom. The molecule has 9 heteroatoms. The summed E-state index contributed by atoms with van der Waals surface area (Å²) in [7, 11) is 1.47. The molecule has 0 bridgehead atoms.